The molecule has 0 aliphatic heterocycles. The summed E-state index contributed by atoms with van der Waals surface area (Å²) in [4.78, 5) is 0. The molecule has 2 heteroatoms. The maximum atomic E-state index is 6.22. The Morgan fingerprint density at radius 1 is 0.652 bits per heavy atom. The van der Waals surface area contributed by atoms with E-state index in [1.54, 1.807) is 0 Å². The highest BCUT2D eigenvalue weighted by molar-refractivity contribution is 5.29. The Morgan fingerprint density at radius 3 is 1.65 bits per heavy atom. The van der Waals surface area contributed by atoms with Crippen LogP contribution in [-0.2, 0) is 4.74 Å². The van der Waals surface area contributed by atoms with Crippen LogP contribution in [0.3, 0.4) is 0 Å². The summed E-state index contributed by atoms with van der Waals surface area (Å²) in [6.07, 6.45) is 7.38. The monoisotopic (exact) mass is 311 g/mol. The van der Waals surface area contributed by atoms with Gasteiger partial charge in [-0.2, -0.15) is 0 Å². The first-order valence-electron chi connectivity index (χ1n) is 8.83. The fraction of sp³-hybridized carbons (Fsp3) is 0.429. The van der Waals surface area contributed by atoms with Crippen LogP contribution in [0.15, 0.2) is 60.7 Å². The maximum Gasteiger partial charge on any atom is 0.108 e. The first-order valence-corrected chi connectivity index (χ1v) is 8.83. The summed E-state index contributed by atoms with van der Waals surface area (Å²) >= 11 is 0. The fourth-order valence-electron chi connectivity index (χ4n) is 2.80. The van der Waals surface area contributed by atoms with Crippen molar-refractivity contribution >= 4 is 0 Å². The van der Waals surface area contributed by atoms with Gasteiger partial charge in [-0.25, -0.2) is 0 Å². The average molecular weight is 311 g/mol. The molecule has 0 saturated heterocycles. The lowest BCUT2D eigenvalue weighted by Gasteiger charge is -2.19. The van der Waals surface area contributed by atoms with Gasteiger partial charge in [0.2, 0.25) is 0 Å². The van der Waals surface area contributed by atoms with Crippen molar-refractivity contribution in [2.45, 2.75) is 44.6 Å². The van der Waals surface area contributed by atoms with E-state index in [0.717, 1.165) is 26.0 Å². The van der Waals surface area contributed by atoms with Crippen molar-refractivity contribution in [2.75, 3.05) is 13.2 Å². The van der Waals surface area contributed by atoms with E-state index < -0.39 is 0 Å². The number of ether oxygens (including phenoxy) is 1. The highest BCUT2D eigenvalue weighted by atomic mass is 16.5. The summed E-state index contributed by atoms with van der Waals surface area (Å²) in [6, 6.07) is 21.0. The van der Waals surface area contributed by atoms with Crippen LogP contribution in [-0.4, -0.2) is 13.2 Å². The minimum atomic E-state index is 0.0367. The van der Waals surface area contributed by atoms with Gasteiger partial charge in [0.15, 0.2) is 0 Å². The third-order valence-electron chi connectivity index (χ3n) is 4.09. The van der Waals surface area contributed by atoms with Gasteiger partial charge < -0.3 is 10.5 Å². The van der Waals surface area contributed by atoms with Gasteiger partial charge in [-0.1, -0.05) is 86.3 Å². The van der Waals surface area contributed by atoms with Gasteiger partial charge in [-0.05, 0) is 30.5 Å². The topological polar surface area (TPSA) is 35.2 Å². The molecule has 2 rings (SSSR count). The van der Waals surface area contributed by atoms with Gasteiger partial charge >= 0.3 is 0 Å². The second kappa shape index (κ2) is 11.0. The van der Waals surface area contributed by atoms with E-state index in [2.05, 4.69) is 48.5 Å². The first-order chi connectivity index (χ1) is 11.4. The Balaban J connectivity index is 1.80. The minimum absolute atomic E-state index is 0.0367. The van der Waals surface area contributed by atoms with Crippen LogP contribution >= 0.6 is 0 Å². The number of benzene rings is 2. The first kappa shape index (κ1) is 17.7. The van der Waals surface area contributed by atoms with Gasteiger partial charge in [0.25, 0.3) is 0 Å². The molecule has 0 unspecified atom stereocenters. The van der Waals surface area contributed by atoms with E-state index in [1.165, 1.54) is 36.8 Å². The molecule has 0 atom stereocenters. The molecular weight excluding hydrogens is 282 g/mol. The Morgan fingerprint density at radius 2 is 1.13 bits per heavy atom. The number of hydrogen-bond donors (Lipinski definition) is 1. The van der Waals surface area contributed by atoms with Gasteiger partial charge in [0.1, 0.15) is 6.10 Å². The second-order valence-corrected chi connectivity index (χ2v) is 5.98. The van der Waals surface area contributed by atoms with E-state index in [0.29, 0.717) is 0 Å². The molecule has 0 amide bonds. The zero-order chi connectivity index (χ0) is 16.2. The van der Waals surface area contributed by atoms with Crippen LogP contribution in [0.2, 0.25) is 0 Å². The Hall–Kier alpha value is -1.64. The molecule has 0 spiro atoms. The normalized spacial score (nSPS) is 11.0. The number of nitrogens with two attached hydrogens (primary N) is 1. The van der Waals surface area contributed by atoms with Crippen molar-refractivity contribution in [2.24, 2.45) is 5.73 Å². The molecule has 0 heterocycles. The predicted molar refractivity (Wildman–Crippen MR) is 97.4 cm³/mol. The summed E-state index contributed by atoms with van der Waals surface area (Å²) in [7, 11) is 0. The summed E-state index contributed by atoms with van der Waals surface area (Å²) < 4.78 is 6.22. The number of rotatable bonds is 11. The SMILES string of the molecule is NCCCCCCCCOC(c1ccccc1)c1ccccc1. The molecular formula is C21H29NO. The lowest BCUT2D eigenvalue weighted by Crippen LogP contribution is -2.07. The van der Waals surface area contributed by atoms with Crippen molar-refractivity contribution in [1.82, 2.24) is 0 Å². The molecule has 0 saturated carbocycles. The molecule has 2 aromatic carbocycles. The highest BCUT2D eigenvalue weighted by Gasteiger charge is 2.13. The summed E-state index contributed by atoms with van der Waals surface area (Å²) in [6.45, 7) is 1.63. The van der Waals surface area contributed by atoms with Crippen molar-refractivity contribution in [3.8, 4) is 0 Å². The quantitative estimate of drug-likeness (QED) is 0.586. The zero-order valence-corrected chi connectivity index (χ0v) is 14.0. The molecule has 23 heavy (non-hydrogen) atoms. The second-order valence-electron chi connectivity index (χ2n) is 5.98. The summed E-state index contributed by atoms with van der Waals surface area (Å²) in [5, 5.41) is 0. The molecule has 0 aliphatic carbocycles. The van der Waals surface area contributed by atoms with E-state index in [1.807, 2.05) is 12.1 Å². The third kappa shape index (κ3) is 6.55. The standard InChI is InChI=1S/C21H29NO/c22-17-11-3-1-2-4-12-18-23-21(19-13-7-5-8-14-19)20-15-9-6-10-16-20/h5-10,13-16,21H,1-4,11-12,17-18,22H2. The number of unbranched alkanes of at least 4 members (excludes halogenated alkanes) is 5. The fourth-order valence-corrected chi connectivity index (χ4v) is 2.80. The average Bonchev–Trinajstić information content (AvgIpc) is 2.62. The smallest absolute Gasteiger partial charge is 0.108 e. The van der Waals surface area contributed by atoms with Gasteiger partial charge in [0.05, 0.1) is 0 Å². The van der Waals surface area contributed by atoms with Crippen molar-refractivity contribution in [1.29, 1.82) is 0 Å². The van der Waals surface area contributed by atoms with Crippen LogP contribution in [0, 0.1) is 0 Å². The molecule has 0 fully saturated rings. The molecule has 2 aromatic rings. The lowest BCUT2D eigenvalue weighted by atomic mass is 10.0. The van der Waals surface area contributed by atoms with Crippen molar-refractivity contribution < 1.29 is 4.74 Å². The molecule has 0 radical (unpaired) electrons. The Kier molecular flexibility index (Phi) is 8.46. The molecule has 124 valence electrons. The van der Waals surface area contributed by atoms with Crippen LogP contribution in [0.1, 0.15) is 55.8 Å². The van der Waals surface area contributed by atoms with Crippen LogP contribution in [0.25, 0.3) is 0 Å². The molecule has 0 aliphatic rings. The van der Waals surface area contributed by atoms with Crippen molar-refractivity contribution in [3.63, 3.8) is 0 Å². The van der Waals surface area contributed by atoms with Crippen LogP contribution in [0.4, 0.5) is 0 Å². The number of hydrogen-bond acceptors (Lipinski definition) is 2. The molecule has 0 aromatic heterocycles. The summed E-state index contributed by atoms with van der Waals surface area (Å²) in [5.41, 5.74) is 7.96. The van der Waals surface area contributed by atoms with E-state index in [-0.39, 0.29) is 6.10 Å². The van der Waals surface area contributed by atoms with Crippen molar-refractivity contribution in [3.05, 3.63) is 71.8 Å². The highest BCUT2D eigenvalue weighted by Crippen LogP contribution is 2.26. The lowest BCUT2D eigenvalue weighted by molar-refractivity contribution is 0.0768. The van der Waals surface area contributed by atoms with Gasteiger partial charge in [-0.3, -0.25) is 0 Å². The molecule has 2 nitrogen and oxygen atoms in total. The van der Waals surface area contributed by atoms with Gasteiger partial charge in [0, 0.05) is 6.61 Å². The van der Waals surface area contributed by atoms with E-state index >= 15 is 0 Å². The minimum Gasteiger partial charge on any atom is -0.369 e. The van der Waals surface area contributed by atoms with Crippen LogP contribution < -0.4 is 5.73 Å². The molecule has 2 N–H and O–H groups in total. The summed E-state index contributed by atoms with van der Waals surface area (Å²) in [5.74, 6) is 0. The predicted octanol–water partition coefficient (Wildman–Crippen LogP) is 5.09. The Labute approximate surface area is 140 Å². The van der Waals surface area contributed by atoms with E-state index in [4.69, 9.17) is 10.5 Å². The third-order valence-corrected chi connectivity index (χ3v) is 4.09. The van der Waals surface area contributed by atoms with Crippen LogP contribution in [0.5, 0.6) is 0 Å². The largest absolute Gasteiger partial charge is 0.369 e. The maximum absolute atomic E-state index is 6.22. The molecule has 0 bridgehead atoms. The van der Waals surface area contributed by atoms with Gasteiger partial charge in [-0.15, -0.1) is 0 Å². The van der Waals surface area contributed by atoms with E-state index in [9.17, 15) is 0 Å². The zero-order valence-electron chi connectivity index (χ0n) is 14.0. The Bertz CT molecular complexity index is 472.